The highest BCUT2D eigenvalue weighted by Crippen LogP contribution is 2.39. The molecule has 3 nitrogen and oxygen atoms in total. The number of rotatable bonds is 5. The summed E-state index contributed by atoms with van der Waals surface area (Å²) in [6, 6.07) is 0.746. The van der Waals surface area contributed by atoms with Crippen LogP contribution in [0.3, 0.4) is 0 Å². The van der Waals surface area contributed by atoms with E-state index < -0.39 is 5.60 Å². The van der Waals surface area contributed by atoms with Crippen molar-refractivity contribution in [3.63, 3.8) is 0 Å². The fraction of sp³-hybridized carbons (Fsp3) is 1.00. The minimum absolute atomic E-state index is 0.412. The Kier molecular flexibility index (Phi) is 5.14. The molecule has 2 aliphatic rings. The molecule has 2 aliphatic carbocycles. The third kappa shape index (κ3) is 3.75. The average molecular weight is 282 g/mol. The lowest BCUT2D eigenvalue weighted by Gasteiger charge is -2.39. The Balaban J connectivity index is 1.77. The number of nitrogens with zero attached hydrogens (tertiary/aromatic N) is 1. The van der Waals surface area contributed by atoms with Gasteiger partial charge in [0.25, 0.3) is 0 Å². The summed E-state index contributed by atoms with van der Waals surface area (Å²) in [5, 5.41) is 10.5. The summed E-state index contributed by atoms with van der Waals surface area (Å²) in [6.45, 7) is 6.32. The molecule has 2 saturated carbocycles. The van der Waals surface area contributed by atoms with Crippen molar-refractivity contribution >= 4 is 0 Å². The highest BCUT2D eigenvalue weighted by molar-refractivity contribution is 4.93. The van der Waals surface area contributed by atoms with Gasteiger partial charge in [0.05, 0.1) is 5.60 Å². The Labute approximate surface area is 124 Å². The lowest BCUT2D eigenvalue weighted by atomic mass is 9.75. The van der Waals surface area contributed by atoms with Gasteiger partial charge in [0.2, 0.25) is 0 Å². The first-order valence-corrected chi connectivity index (χ1v) is 8.49. The van der Waals surface area contributed by atoms with Crippen molar-refractivity contribution < 1.29 is 5.11 Å². The molecule has 3 N–H and O–H groups in total. The fourth-order valence-electron chi connectivity index (χ4n) is 4.18. The Morgan fingerprint density at radius 2 is 1.80 bits per heavy atom. The number of hydrogen-bond acceptors (Lipinski definition) is 3. The Bertz CT molecular complexity index is 308. The molecule has 0 spiro atoms. The summed E-state index contributed by atoms with van der Waals surface area (Å²) < 4.78 is 0. The van der Waals surface area contributed by atoms with Crippen molar-refractivity contribution in [3.8, 4) is 0 Å². The van der Waals surface area contributed by atoms with Crippen molar-refractivity contribution in [2.45, 2.75) is 76.9 Å². The number of nitrogens with two attached hydrogens (primary N) is 1. The quantitative estimate of drug-likeness (QED) is 0.815. The van der Waals surface area contributed by atoms with E-state index in [2.05, 4.69) is 25.8 Å². The summed E-state index contributed by atoms with van der Waals surface area (Å²) >= 11 is 0. The molecule has 0 saturated heterocycles. The molecule has 0 aromatic rings. The summed E-state index contributed by atoms with van der Waals surface area (Å²) in [4.78, 5) is 2.53. The van der Waals surface area contributed by atoms with E-state index in [4.69, 9.17) is 5.73 Å². The molecule has 2 rings (SSSR count). The molecule has 0 amide bonds. The molecular weight excluding hydrogens is 248 g/mol. The van der Waals surface area contributed by atoms with Gasteiger partial charge in [-0.2, -0.15) is 0 Å². The van der Waals surface area contributed by atoms with E-state index in [1.807, 2.05) is 0 Å². The maximum atomic E-state index is 10.5. The van der Waals surface area contributed by atoms with Crippen LogP contribution in [0.4, 0.5) is 0 Å². The van der Waals surface area contributed by atoms with Crippen LogP contribution in [-0.4, -0.2) is 41.8 Å². The van der Waals surface area contributed by atoms with Gasteiger partial charge in [-0.05, 0) is 69.9 Å². The molecule has 0 aromatic carbocycles. The molecule has 0 aromatic heterocycles. The Morgan fingerprint density at radius 1 is 1.15 bits per heavy atom. The van der Waals surface area contributed by atoms with Gasteiger partial charge in [-0.15, -0.1) is 0 Å². The molecular formula is C17H34N2O. The smallest absolute Gasteiger partial charge is 0.0797 e. The van der Waals surface area contributed by atoms with Crippen LogP contribution in [0.25, 0.3) is 0 Å². The Morgan fingerprint density at radius 3 is 2.40 bits per heavy atom. The molecule has 2 atom stereocenters. The number of hydrogen-bond donors (Lipinski definition) is 2. The van der Waals surface area contributed by atoms with Crippen LogP contribution in [0.15, 0.2) is 0 Å². The van der Waals surface area contributed by atoms with Gasteiger partial charge in [0.15, 0.2) is 0 Å². The van der Waals surface area contributed by atoms with Gasteiger partial charge >= 0.3 is 0 Å². The van der Waals surface area contributed by atoms with Gasteiger partial charge in [0.1, 0.15) is 0 Å². The van der Waals surface area contributed by atoms with Crippen LogP contribution < -0.4 is 5.73 Å². The second kappa shape index (κ2) is 6.33. The fourth-order valence-corrected chi connectivity index (χ4v) is 4.18. The van der Waals surface area contributed by atoms with Gasteiger partial charge < -0.3 is 15.7 Å². The van der Waals surface area contributed by atoms with Crippen molar-refractivity contribution in [1.82, 2.24) is 4.90 Å². The third-order valence-electron chi connectivity index (χ3n) is 6.04. The normalized spacial score (nSPS) is 34.8. The minimum atomic E-state index is -0.574. The molecule has 0 bridgehead atoms. The van der Waals surface area contributed by atoms with E-state index in [9.17, 15) is 5.11 Å². The standard InChI is InChI=1S/C17H34N2O/c1-16(2)10-6-15(7-11-16)19(3)12-8-14-5-4-9-17(14,20)13-18/h14-15,20H,4-13,18H2,1-3H3. The molecule has 118 valence electrons. The summed E-state index contributed by atoms with van der Waals surface area (Å²) in [5.74, 6) is 0.412. The van der Waals surface area contributed by atoms with E-state index in [1.165, 1.54) is 25.7 Å². The van der Waals surface area contributed by atoms with Crippen LogP contribution in [-0.2, 0) is 0 Å². The third-order valence-corrected chi connectivity index (χ3v) is 6.04. The van der Waals surface area contributed by atoms with Crippen LogP contribution in [0.1, 0.15) is 65.2 Å². The van der Waals surface area contributed by atoms with E-state index in [0.717, 1.165) is 38.3 Å². The first-order chi connectivity index (χ1) is 9.36. The van der Waals surface area contributed by atoms with E-state index >= 15 is 0 Å². The second-order valence-electron chi connectivity index (χ2n) is 8.06. The van der Waals surface area contributed by atoms with E-state index in [1.54, 1.807) is 0 Å². The predicted octanol–water partition coefficient (Wildman–Crippen LogP) is 2.77. The highest BCUT2D eigenvalue weighted by atomic mass is 16.3. The van der Waals surface area contributed by atoms with E-state index in [0.29, 0.717) is 17.9 Å². The van der Waals surface area contributed by atoms with Crippen LogP contribution in [0.2, 0.25) is 0 Å². The Hall–Kier alpha value is -0.120. The zero-order valence-electron chi connectivity index (χ0n) is 13.7. The van der Waals surface area contributed by atoms with E-state index in [-0.39, 0.29) is 0 Å². The summed E-state index contributed by atoms with van der Waals surface area (Å²) in [7, 11) is 2.26. The van der Waals surface area contributed by atoms with Crippen molar-refractivity contribution in [3.05, 3.63) is 0 Å². The average Bonchev–Trinajstić information content (AvgIpc) is 2.78. The molecule has 3 heteroatoms. The molecule has 2 unspecified atom stereocenters. The summed E-state index contributed by atoms with van der Waals surface area (Å²) in [5.41, 5.74) is 5.74. The van der Waals surface area contributed by atoms with Gasteiger partial charge in [-0.3, -0.25) is 0 Å². The maximum Gasteiger partial charge on any atom is 0.0797 e. The lowest BCUT2D eigenvalue weighted by molar-refractivity contribution is 0.00270. The zero-order chi connectivity index (χ0) is 14.8. The largest absolute Gasteiger partial charge is 0.388 e. The van der Waals surface area contributed by atoms with Crippen LogP contribution in [0, 0.1) is 11.3 Å². The maximum absolute atomic E-state index is 10.5. The zero-order valence-corrected chi connectivity index (χ0v) is 13.7. The molecule has 2 fully saturated rings. The van der Waals surface area contributed by atoms with Crippen molar-refractivity contribution in [1.29, 1.82) is 0 Å². The van der Waals surface area contributed by atoms with Crippen LogP contribution >= 0.6 is 0 Å². The van der Waals surface area contributed by atoms with Gasteiger partial charge in [-0.1, -0.05) is 20.3 Å². The second-order valence-corrected chi connectivity index (χ2v) is 8.06. The first-order valence-electron chi connectivity index (χ1n) is 8.49. The molecule has 0 heterocycles. The van der Waals surface area contributed by atoms with Gasteiger partial charge in [0, 0.05) is 12.6 Å². The lowest BCUT2D eigenvalue weighted by Crippen LogP contribution is -2.43. The predicted molar refractivity (Wildman–Crippen MR) is 84.6 cm³/mol. The van der Waals surface area contributed by atoms with Gasteiger partial charge in [-0.25, -0.2) is 0 Å². The number of aliphatic hydroxyl groups is 1. The molecule has 0 radical (unpaired) electrons. The molecule has 20 heavy (non-hydrogen) atoms. The SMILES string of the molecule is CN(CCC1CCCC1(O)CN)C1CCC(C)(C)CC1. The minimum Gasteiger partial charge on any atom is -0.388 e. The van der Waals surface area contributed by atoms with Crippen molar-refractivity contribution in [2.24, 2.45) is 17.1 Å². The van der Waals surface area contributed by atoms with Crippen LogP contribution in [0.5, 0.6) is 0 Å². The topological polar surface area (TPSA) is 49.5 Å². The first kappa shape index (κ1) is 16.3. The molecule has 0 aliphatic heterocycles. The van der Waals surface area contributed by atoms with Crippen molar-refractivity contribution in [2.75, 3.05) is 20.1 Å². The summed E-state index contributed by atoms with van der Waals surface area (Å²) in [6.07, 6.45) is 9.64. The monoisotopic (exact) mass is 282 g/mol. The highest BCUT2D eigenvalue weighted by Gasteiger charge is 2.39.